The highest BCUT2D eigenvalue weighted by molar-refractivity contribution is 7.98. The van der Waals surface area contributed by atoms with Crippen LogP contribution in [-0.2, 0) is 16.1 Å². The molecule has 1 aromatic carbocycles. The van der Waals surface area contributed by atoms with Crippen LogP contribution in [0.15, 0.2) is 34.2 Å². The van der Waals surface area contributed by atoms with E-state index in [0.29, 0.717) is 36.1 Å². The molecule has 1 saturated heterocycles. The van der Waals surface area contributed by atoms with Gasteiger partial charge in [0.1, 0.15) is 17.2 Å². The van der Waals surface area contributed by atoms with E-state index in [4.69, 9.17) is 9.47 Å². The Morgan fingerprint density at radius 2 is 1.94 bits per heavy atom. The predicted molar refractivity (Wildman–Crippen MR) is 122 cm³/mol. The summed E-state index contributed by atoms with van der Waals surface area (Å²) in [5.74, 6) is 0. The number of carbonyl (C=O) groups is 1. The molecule has 9 heteroatoms. The number of amides is 1. The molecule has 1 aliphatic heterocycles. The second kappa shape index (κ2) is 10.2. The van der Waals surface area contributed by atoms with Crippen LogP contribution in [0.2, 0.25) is 0 Å². The first kappa shape index (κ1) is 23.8. The molecule has 1 fully saturated rings. The molecular weight excluding hydrogens is 428 g/mol. The summed E-state index contributed by atoms with van der Waals surface area (Å²) >= 11 is 1.31. The van der Waals surface area contributed by atoms with Crippen molar-refractivity contribution in [3.05, 3.63) is 45.7 Å². The quantitative estimate of drug-likeness (QED) is 0.536. The van der Waals surface area contributed by atoms with Crippen molar-refractivity contribution in [2.45, 2.75) is 57.1 Å². The molecule has 8 nitrogen and oxygen atoms in total. The fourth-order valence-corrected chi connectivity index (χ4v) is 3.74. The molecular formula is C23H28N4O4S. The zero-order valence-electron chi connectivity index (χ0n) is 18.8. The molecule has 170 valence electrons. The van der Waals surface area contributed by atoms with E-state index in [1.54, 1.807) is 4.90 Å². The molecule has 2 heterocycles. The lowest BCUT2D eigenvalue weighted by Crippen LogP contribution is -2.43. The average molecular weight is 457 g/mol. The molecule has 1 amide bonds. The number of benzene rings is 1. The van der Waals surface area contributed by atoms with Gasteiger partial charge in [0.15, 0.2) is 5.16 Å². The van der Waals surface area contributed by atoms with Gasteiger partial charge in [-0.25, -0.2) is 9.78 Å². The van der Waals surface area contributed by atoms with E-state index in [-0.39, 0.29) is 17.8 Å². The van der Waals surface area contributed by atoms with Crippen LogP contribution in [-0.4, -0.2) is 52.0 Å². The van der Waals surface area contributed by atoms with Gasteiger partial charge in [-0.3, -0.25) is 4.79 Å². The van der Waals surface area contributed by atoms with E-state index in [2.05, 4.69) is 9.97 Å². The highest BCUT2D eigenvalue weighted by atomic mass is 32.2. The van der Waals surface area contributed by atoms with Crippen molar-refractivity contribution in [3.63, 3.8) is 0 Å². The van der Waals surface area contributed by atoms with Crippen LogP contribution in [0.4, 0.5) is 4.79 Å². The molecule has 2 aromatic rings. The highest BCUT2D eigenvalue weighted by Crippen LogP contribution is 2.23. The van der Waals surface area contributed by atoms with Gasteiger partial charge in [-0.15, -0.1) is 0 Å². The number of hydrogen-bond donors (Lipinski definition) is 1. The zero-order valence-corrected chi connectivity index (χ0v) is 19.6. The first-order chi connectivity index (χ1) is 15.2. The van der Waals surface area contributed by atoms with Crippen LogP contribution < -0.4 is 5.56 Å². The van der Waals surface area contributed by atoms with Gasteiger partial charge in [0, 0.05) is 18.7 Å². The van der Waals surface area contributed by atoms with Crippen LogP contribution in [0.1, 0.15) is 44.7 Å². The summed E-state index contributed by atoms with van der Waals surface area (Å²) in [7, 11) is 0. The minimum Gasteiger partial charge on any atom is -0.444 e. The summed E-state index contributed by atoms with van der Waals surface area (Å²) in [4.78, 5) is 33.0. The van der Waals surface area contributed by atoms with Gasteiger partial charge in [0.2, 0.25) is 0 Å². The Hall–Kier alpha value is -2.83. The fraction of sp³-hybridized carbons (Fsp3) is 0.478. The average Bonchev–Trinajstić information content (AvgIpc) is 2.76. The fourth-order valence-electron chi connectivity index (χ4n) is 3.37. The summed E-state index contributed by atoms with van der Waals surface area (Å²) in [5, 5.41) is 9.81. The molecule has 0 atom stereocenters. The van der Waals surface area contributed by atoms with Gasteiger partial charge in [0.25, 0.3) is 5.56 Å². The number of nitriles is 1. The van der Waals surface area contributed by atoms with Crippen molar-refractivity contribution in [1.82, 2.24) is 14.9 Å². The Balaban J connectivity index is 1.57. The summed E-state index contributed by atoms with van der Waals surface area (Å²) in [6.45, 7) is 7.26. The number of carbonyl (C=O) groups excluding carboxylic acids is 1. The van der Waals surface area contributed by atoms with Crippen molar-refractivity contribution >= 4 is 17.9 Å². The summed E-state index contributed by atoms with van der Waals surface area (Å²) in [5.41, 5.74) is 1.14. The molecule has 3 rings (SSSR count). The Morgan fingerprint density at radius 1 is 1.28 bits per heavy atom. The molecule has 1 N–H and O–H groups in total. The Bertz CT molecular complexity index is 1050. The number of nitrogens with zero attached hydrogens (tertiary/aromatic N) is 3. The number of ether oxygens (including phenoxy) is 2. The first-order valence-corrected chi connectivity index (χ1v) is 11.7. The lowest BCUT2D eigenvalue weighted by Gasteiger charge is -2.33. The van der Waals surface area contributed by atoms with Crippen molar-refractivity contribution in [2.75, 3.05) is 19.3 Å². The number of thioether (sulfide) groups is 1. The molecule has 1 aliphatic rings. The molecule has 0 bridgehead atoms. The second-order valence-corrected chi connectivity index (χ2v) is 9.38. The number of piperidine rings is 1. The Morgan fingerprint density at radius 3 is 2.50 bits per heavy atom. The smallest absolute Gasteiger partial charge is 0.410 e. The van der Waals surface area contributed by atoms with Gasteiger partial charge in [-0.1, -0.05) is 36.0 Å². The molecule has 0 radical (unpaired) electrons. The predicted octanol–water partition coefficient (Wildman–Crippen LogP) is 3.95. The summed E-state index contributed by atoms with van der Waals surface area (Å²) in [6.07, 6.45) is 3.14. The third-order valence-corrected chi connectivity index (χ3v) is 5.59. The zero-order chi connectivity index (χ0) is 23.3. The van der Waals surface area contributed by atoms with Crippen molar-refractivity contribution in [2.24, 2.45) is 0 Å². The van der Waals surface area contributed by atoms with Crippen molar-refractivity contribution in [1.29, 1.82) is 5.26 Å². The number of aromatic nitrogens is 2. The van der Waals surface area contributed by atoms with E-state index in [9.17, 15) is 14.9 Å². The van der Waals surface area contributed by atoms with E-state index >= 15 is 0 Å². The second-order valence-electron chi connectivity index (χ2n) is 8.59. The standard InChI is InChI=1S/C23H28N4O4S/c1-23(2,3)31-22(29)27-11-9-17(10-12-27)30-14-15-5-7-16(8-6-15)19-18(13-24)20(28)26-21(25-19)32-4/h5-8,17H,9-12,14H2,1-4H3,(H,25,26,28). The Kier molecular flexibility index (Phi) is 7.59. The van der Waals surface area contributed by atoms with Crippen LogP contribution in [0.3, 0.4) is 0 Å². The maximum Gasteiger partial charge on any atom is 0.410 e. The third kappa shape index (κ3) is 6.11. The first-order valence-electron chi connectivity index (χ1n) is 10.5. The van der Waals surface area contributed by atoms with Crippen LogP contribution in [0.25, 0.3) is 11.3 Å². The Labute approximate surface area is 191 Å². The van der Waals surface area contributed by atoms with Crippen LogP contribution >= 0.6 is 11.8 Å². The summed E-state index contributed by atoms with van der Waals surface area (Å²) in [6, 6.07) is 9.45. The van der Waals surface area contributed by atoms with E-state index < -0.39 is 11.2 Å². The highest BCUT2D eigenvalue weighted by Gasteiger charge is 2.27. The van der Waals surface area contributed by atoms with E-state index in [1.807, 2.05) is 57.4 Å². The number of nitrogens with one attached hydrogen (secondary N) is 1. The van der Waals surface area contributed by atoms with Crippen LogP contribution in [0, 0.1) is 11.3 Å². The van der Waals surface area contributed by atoms with Crippen LogP contribution in [0.5, 0.6) is 0 Å². The third-order valence-electron chi connectivity index (χ3n) is 5.01. The molecule has 0 aliphatic carbocycles. The van der Waals surface area contributed by atoms with Crippen molar-refractivity contribution < 1.29 is 14.3 Å². The molecule has 0 saturated carbocycles. The van der Waals surface area contributed by atoms with Gasteiger partial charge in [-0.2, -0.15) is 5.26 Å². The van der Waals surface area contributed by atoms with E-state index in [0.717, 1.165) is 18.4 Å². The summed E-state index contributed by atoms with van der Waals surface area (Å²) < 4.78 is 11.5. The molecule has 1 aromatic heterocycles. The SMILES string of the molecule is CSc1nc(-c2ccc(COC3CCN(C(=O)OC(C)(C)C)CC3)cc2)c(C#N)c(=O)[nH]1. The topological polar surface area (TPSA) is 108 Å². The van der Waals surface area contributed by atoms with Gasteiger partial charge in [-0.05, 0) is 45.4 Å². The largest absolute Gasteiger partial charge is 0.444 e. The number of hydrogen-bond acceptors (Lipinski definition) is 7. The van der Waals surface area contributed by atoms with Gasteiger partial charge >= 0.3 is 6.09 Å². The number of H-pyrrole nitrogens is 1. The number of aromatic amines is 1. The minimum absolute atomic E-state index is 0.00328. The maximum atomic E-state index is 12.2. The molecule has 32 heavy (non-hydrogen) atoms. The van der Waals surface area contributed by atoms with Gasteiger partial charge < -0.3 is 19.4 Å². The molecule has 0 unspecified atom stereocenters. The monoisotopic (exact) mass is 456 g/mol. The van der Waals surface area contributed by atoms with Gasteiger partial charge in [0.05, 0.1) is 18.4 Å². The lowest BCUT2D eigenvalue weighted by molar-refractivity contribution is -0.0170. The van der Waals surface area contributed by atoms with Crippen molar-refractivity contribution in [3.8, 4) is 17.3 Å². The number of likely N-dealkylation sites (tertiary alicyclic amines) is 1. The minimum atomic E-state index is -0.496. The van der Waals surface area contributed by atoms with E-state index in [1.165, 1.54) is 11.8 Å². The maximum absolute atomic E-state index is 12.2. The molecule has 0 spiro atoms. The number of rotatable bonds is 5. The lowest BCUT2D eigenvalue weighted by atomic mass is 10.1. The normalized spacial score (nSPS) is 14.8.